The molecule has 3 N–H and O–H groups in total. The minimum Gasteiger partial charge on any atom is -0.507 e. The highest BCUT2D eigenvalue weighted by molar-refractivity contribution is 5.91. The van der Waals surface area contributed by atoms with Crippen LogP contribution in [0.15, 0.2) is 12.1 Å². The van der Waals surface area contributed by atoms with E-state index in [1.807, 2.05) is 0 Å². The van der Waals surface area contributed by atoms with Crippen LogP contribution in [0.3, 0.4) is 0 Å². The fraction of sp³-hybridized carbons (Fsp3) is 0.467. The number of phenols is 1. The van der Waals surface area contributed by atoms with Crippen molar-refractivity contribution < 1.29 is 9.50 Å². The van der Waals surface area contributed by atoms with Gasteiger partial charge in [0, 0.05) is 23.2 Å². The molecule has 0 radical (unpaired) electrons. The van der Waals surface area contributed by atoms with E-state index >= 15 is 0 Å². The molecule has 3 rings (SSSR count). The maximum absolute atomic E-state index is 13.6. The Kier molecular flexibility index (Phi) is 2.97. The van der Waals surface area contributed by atoms with Crippen molar-refractivity contribution in [3.63, 3.8) is 0 Å². The standard InChI is InChI=1S/C15H19FN2O/c1-2-12-11(5-6-17)15-13(18(12)10-3-4-10)7-9(16)8-14(15)19/h7-8,10,19H,2-6,17H2,1H3. The van der Waals surface area contributed by atoms with Gasteiger partial charge in [0.05, 0.1) is 5.52 Å². The van der Waals surface area contributed by atoms with E-state index in [1.165, 1.54) is 17.8 Å². The number of aromatic hydroxyl groups is 1. The Bertz CT molecular complexity index is 629. The quantitative estimate of drug-likeness (QED) is 0.890. The van der Waals surface area contributed by atoms with Crippen molar-refractivity contribution in [2.75, 3.05) is 6.54 Å². The molecule has 0 spiro atoms. The third kappa shape index (κ3) is 1.91. The molecule has 0 atom stereocenters. The molecule has 102 valence electrons. The summed E-state index contributed by atoms with van der Waals surface area (Å²) in [6.07, 6.45) is 3.87. The predicted molar refractivity (Wildman–Crippen MR) is 74.0 cm³/mol. The summed E-state index contributed by atoms with van der Waals surface area (Å²) in [5.74, 6) is -0.348. The molecule has 0 aliphatic heterocycles. The molecule has 19 heavy (non-hydrogen) atoms. The van der Waals surface area contributed by atoms with Crippen molar-refractivity contribution in [1.29, 1.82) is 0 Å². The molecule has 2 aromatic rings. The van der Waals surface area contributed by atoms with E-state index < -0.39 is 0 Å². The normalized spacial score (nSPS) is 15.3. The number of rotatable bonds is 4. The van der Waals surface area contributed by atoms with Gasteiger partial charge in [0.15, 0.2) is 0 Å². The number of nitrogens with zero attached hydrogens (tertiary/aromatic N) is 1. The van der Waals surface area contributed by atoms with Crippen LogP contribution in [-0.2, 0) is 12.8 Å². The Morgan fingerprint density at radius 3 is 2.74 bits per heavy atom. The van der Waals surface area contributed by atoms with E-state index in [9.17, 15) is 9.50 Å². The van der Waals surface area contributed by atoms with Crippen LogP contribution < -0.4 is 5.73 Å². The number of nitrogens with two attached hydrogens (primary N) is 1. The highest BCUT2D eigenvalue weighted by Crippen LogP contribution is 2.44. The van der Waals surface area contributed by atoms with Gasteiger partial charge in [0.1, 0.15) is 11.6 Å². The van der Waals surface area contributed by atoms with Crippen LogP contribution in [0, 0.1) is 5.82 Å². The van der Waals surface area contributed by atoms with Gasteiger partial charge in [-0.25, -0.2) is 4.39 Å². The molecule has 0 bridgehead atoms. The molecule has 1 saturated carbocycles. The fourth-order valence-electron chi connectivity index (χ4n) is 3.06. The van der Waals surface area contributed by atoms with Crippen LogP contribution in [0.25, 0.3) is 10.9 Å². The monoisotopic (exact) mass is 262 g/mol. The summed E-state index contributed by atoms with van der Waals surface area (Å²) < 4.78 is 15.8. The zero-order valence-corrected chi connectivity index (χ0v) is 11.1. The van der Waals surface area contributed by atoms with Crippen molar-refractivity contribution in [3.8, 4) is 5.75 Å². The summed E-state index contributed by atoms with van der Waals surface area (Å²) in [5, 5.41) is 10.9. The van der Waals surface area contributed by atoms with Gasteiger partial charge in [0.25, 0.3) is 0 Å². The van der Waals surface area contributed by atoms with Gasteiger partial charge in [-0.05, 0) is 43.9 Å². The van der Waals surface area contributed by atoms with E-state index in [-0.39, 0.29) is 11.6 Å². The summed E-state index contributed by atoms with van der Waals surface area (Å²) in [5.41, 5.74) is 8.80. The molecule has 1 aliphatic rings. The van der Waals surface area contributed by atoms with E-state index in [0.29, 0.717) is 12.6 Å². The maximum Gasteiger partial charge on any atom is 0.129 e. The molecule has 4 heteroatoms. The minimum absolute atomic E-state index is 0.0348. The third-order valence-electron chi connectivity index (χ3n) is 3.90. The van der Waals surface area contributed by atoms with E-state index in [1.54, 1.807) is 0 Å². The van der Waals surface area contributed by atoms with E-state index in [2.05, 4.69) is 11.5 Å². The van der Waals surface area contributed by atoms with Gasteiger partial charge >= 0.3 is 0 Å². The molecule has 1 fully saturated rings. The van der Waals surface area contributed by atoms with Gasteiger partial charge < -0.3 is 15.4 Å². The lowest BCUT2D eigenvalue weighted by atomic mass is 10.1. The number of phenolic OH excluding ortho intramolecular Hbond substituents is 1. The molecule has 1 aliphatic carbocycles. The van der Waals surface area contributed by atoms with Crippen molar-refractivity contribution in [2.45, 2.75) is 38.6 Å². The maximum atomic E-state index is 13.6. The molecule has 1 aromatic heterocycles. The number of hydrogen-bond acceptors (Lipinski definition) is 2. The lowest BCUT2D eigenvalue weighted by Gasteiger charge is -2.09. The number of halogens is 1. The Hall–Kier alpha value is -1.55. The predicted octanol–water partition coefficient (Wildman–Crippen LogP) is 2.88. The second-order valence-corrected chi connectivity index (χ2v) is 5.24. The van der Waals surface area contributed by atoms with Crippen LogP contribution >= 0.6 is 0 Å². The van der Waals surface area contributed by atoms with E-state index in [4.69, 9.17) is 5.73 Å². The first-order valence-corrected chi connectivity index (χ1v) is 6.91. The van der Waals surface area contributed by atoms with Gasteiger partial charge in [-0.3, -0.25) is 0 Å². The Morgan fingerprint density at radius 1 is 1.42 bits per heavy atom. The SMILES string of the molecule is CCc1c(CCN)c2c(O)cc(F)cc2n1C1CC1. The second-order valence-electron chi connectivity index (χ2n) is 5.24. The average Bonchev–Trinajstić information content (AvgIpc) is 3.13. The Labute approximate surface area is 111 Å². The smallest absolute Gasteiger partial charge is 0.129 e. The summed E-state index contributed by atoms with van der Waals surface area (Å²) in [7, 11) is 0. The lowest BCUT2D eigenvalue weighted by molar-refractivity contribution is 0.475. The molecular formula is C15H19FN2O. The van der Waals surface area contributed by atoms with Crippen molar-refractivity contribution in [1.82, 2.24) is 4.57 Å². The van der Waals surface area contributed by atoms with Crippen LogP contribution in [0.1, 0.15) is 37.1 Å². The van der Waals surface area contributed by atoms with Crippen LogP contribution in [0.4, 0.5) is 4.39 Å². The Morgan fingerprint density at radius 2 is 2.16 bits per heavy atom. The highest BCUT2D eigenvalue weighted by atomic mass is 19.1. The summed E-state index contributed by atoms with van der Waals surface area (Å²) in [6, 6.07) is 3.19. The zero-order chi connectivity index (χ0) is 13.6. The number of fused-ring (bicyclic) bond motifs is 1. The lowest BCUT2D eigenvalue weighted by Crippen LogP contribution is -2.06. The summed E-state index contributed by atoms with van der Waals surface area (Å²) in [4.78, 5) is 0. The van der Waals surface area contributed by atoms with Gasteiger partial charge in [-0.1, -0.05) is 6.92 Å². The molecule has 0 saturated heterocycles. The van der Waals surface area contributed by atoms with Crippen molar-refractivity contribution >= 4 is 10.9 Å². The molecule has 0 unspecified atom stereocenters. The number of aromatic nitrogens is 1. The van der Waals surface area contributed by atoms with Gasteiger partial charge in [-0.15, -0.1) is 0 Å². The van der Waals surface area contributed by atoms with Crippen LogP contribution in [0.2, 0.25) is 0 Å². The van der Waals surface area contributed by atoms with Crippen molar-refractivity contribution in [3.05, 3.63) is 29.2 Å². The first kappa shape index (κ1) is 12.5. The highest BCUT2D eigenvalue weighted by Gasteiger charge is 2.30. The third-order valence-corrected chi connectivity index (χ3v) is 3.90. The molecule has 1 aromatic carbocycles. The number of benzene rings is 1. The van der Waals surface area contributed by atoms with Gasteiger partial charge in [-0.2, -0.15) is 0 Å². The van der Waals surface area contributed by atoms with E-state index in [0.717, 1.165) is 42.1 Å². The van der Waals surface area contributed by atoms with Crippen LogP contribution in [0.5, 0.6) is 5.75 Å². The largest absolute Gasteiger partial charge is 0.507 e. The van der Waals surface area contributed by atoms with Gasteiger partial charge in [0.2, 0.25) is 0 Å². The van der Waals surface area contributed by atoms with Crippen molar-refractivity contribution in [2.24, 2.45) is 5.73 Å². The average molecular weight is 262 g/mol. The first-order valence-electron chi connectivity index (χ1n) is 6.91. The first-order chi connectivity index (χ1) is 9.17. The Balaban J connectivity index is 2.36. The second kappa shape index (κ2) is 4.53. The number of hydrogen-bond donors (Lipinski definition) is 2. The summed E-state index contributed by atoms with van der Waals surface area (Å²) >= 11 is 0. The van der Waals surface area contributed by atoms with Crippen LogP contribution in [-0.4, -0.2) is 16.2 Å². The topological polar surface area (TPSA) is 51.2 Å². The molecule has 1 heterocycles. The molecule has 3 nitrogen and oxygen atoms in total. The molecular weight excluding hydrogens is 243 g/mol. The zero-order valence-electron chi connectivity index (χ0n) is 11.1. The molecule has 0 amide bonds. The fourth-order valence-corrected chi connectivity index (χ4v) is 3.06. The summed E-state index contributed by atoms with van der Waals surface area (Å²) in [6.45, 7) is 2.63. The minimum atomic E-state index is -0.383.